The fourth-order valence-corrected chi connectivity index (χ4v) is 1.64. The molecular formula is C11H18N4O. The first-order chi connectivity index (χ1) is 7.60. The molecule has 5 heteroatoms. The number of anilines is 1. The highest BCUT2D eigenvalue weighted by Crippen LogP contribution is 2.10. The van der Waals surface area contributed by atoms with Gasteiger partial charge in [0.25, 0.3) is 5.91 Å². The van der Waals surface area contributed by atoms with Crippen molar-refractivity contribution in [1.82, 2.24) is 15.1 Å². The summed E-state index contributed by atoms with van der Waals surface area (Å²) in [6, 6.07) is 3.43. The third-order valence-electron chi connectivity index (χ3n) is 2.71. The maximum absolute atomic E-state index is 12.0. The summed E-state index contributed by atoms with van der Waals surface area (Å²) >= 11 is 0. The summed E-state index contributed by atoms with van der Waals surface area (Å²) in [5.41, 5.74) is 5.75. The number of hydrogen-bond donors (Lipinski definition) is 1. The van der Waals surface area contributed by atoms with Gasteiger partial charge in [-0.1, -0.05) is 13.8 Å². The highest BCUT2D eigenvalue weighted by molar-refractivity contribution is 5.92. The molecule has 0 spiro atoms. The summed E-state index contributed by atoms with van der Waals surface area (Å²) in [5.74, 6) is 0.211. The van der Waals surface area contributed by atoms with Crippen molar-refractivity contribution >= 4 is 11.7 Å². The van der Waals surface area contributed by atoms with Gasteiger partial charge in [0, 0.05) is 13.1 Å². The minimum Gasteiger partial charge on any atom is -0.382 e. The van der Waals surface area contributed by atoms with E-state index in [0.717, 1.165) is 12.8 Å². The van der Waals surface area contributed by atoms with Crippen molar-refractivity contribution in [3.8, 4) is 0 Å². The predicted octanol–water partition coefficient (Wildman–Crippen LogP) is 1.32. The third-order valence-corrected chi connectivity index (χ3v) is 2.71. The molecule has 16 heavy (non-hydrogen) atoms. The Morgan fingerprint density at radius 1 is 1.38 bits per heavy atom. The Bertz CT molecular complexity index is 346. The van der Waals surface area contributed by atoms with Crippen molar-refractivity contribution in [2.75, 3.05) is 12.8 Å². The molecule has 0 aromatic carbocycles. The van der Waals surface area contributed by atoms with Crippen molar-refractivity contribution < 1.29 is 4.79 Å². The van der Waals surface area contributed by atoms with E-state index in [-0.39, 0.29) is 11.9 Å². The van der Waals surface area contributed by atoms with E-state index in [9.17, 15) is 4.79 Å². The quantitative estimate of drug-likeness (QED) is 0.834. The van der Waals surface area contributed by atoms with Crippen LogP contribution in [0.2, 0.25) is 0 Å². The first-order valence-electron chi connectivity index (χ1n) is 5.46. The van der Waals surface area contributed by atoms with Crippen LogP contribution in [0.4, 0.5) is 5.82 Å². The van der Waals surface area contributed by atoms with E-state index in [2.05, 4.69) is 24.0 Å². The van der Waals surface area contributed by atoms with Crippen LogP contribution >= 0.6 is 0 Å². The molecule has 0 saturated heterocycles. The lowest BCUT2D eigenvalue weighted by Crippen LogP contribution is -2.36. The van der Waals surface area contributed by atoms with E-state index >= 15 is 0 Å². The van der Waals surface area contributed by atoms with E-state index in [0.29, 0.717) is 11.5 Å². The monoisotopic (exact) mass is 222 g/mol. The Morgan fingerprint density at radius 2 is 2.00 bits per heavy atom. The third kappa shape index (κ3) is 2.68. The van der Waals surface area contributed by atoms with Crippen LogP contribution in [0.5, 0.6) is 0 Å². The zero-order valence-electron chi connectivity index (χ0n) is 9.97. The smallest absolute Gasteiger partial charge is 0.274 e. The van der Waals surface area contributed by atoms with E-state index in [4.69, 9.17) is 5.73 Å². The summed E-state index contributed by atoms with van der Waals surface area (Å²) in [7, 11) is 1.79. The van der Waals surface area contributed by atoms with Crippen LogP contribution in [0.15, 0.2) is 12.1 Å². The van der Waals surface area contributed by atoms with Gasteiger partial charge in [0.1, 0.15) is 5.82 Å². The first-order valence-corrected chi connectivity index (χ1v) is 5.46. The fraction of sp³-hybridized carbons (Fsp3) is 0.545. The molecule has 0 saturated carbocycles. The number of amides is 1. The molecule has 1 heterocycles. The van der Waals surface area contributed by atoms with Crippen LogP contribution in [-0.2, 0) is 0 Å². The maximum atomic E-state index is 12.0. The lowest BCUT2D eigenvalue weighted by molar-refractivity contribution is 0.0716. The minimum absolute atomic E-state index is 0.110. The lowest BCUT2D eigenvalue weighted by Gasteiger charge is -2.25. The zero-order valence-corrected chi connectivity index (χ0v) is 9.97. The number of rotatable bonds is 4. The molecule has 1 rings (SSSR count). The van der Waals surface area contributed by atoms with Gasteiger partial charge in [-0.3, -0.25) is 4.79 Å². The summed E-state index contributed by atoms with van der Waals surface area (Å²) in [6.45, 7) is 4.12. The van der Waals surface area contributed by atoms with Crippen molar-refractivity contribution in [3.05, 3.63) is 17.8 Å². The topological polar surface area (TPSA) is 72.1 Å². The molecule has 0 aliphatic carbocycles. The summed E-state index contributed by atoms with van der Waals surface area (Å²) in [5, 5.41) is 7.46. The van der Waals surface area contributed by atoms with Crippen LogP contribution in [0.25, 0.3) is 0 Å². The van der Waals surface area contributed by atoms with Gasteiger partial charge in [-0.15, -0.1) is 10.2 Å². The number of nitrogens with zero attached hydrogens (tertiary/aromatic N) is 3. The van der Waals surface area contributed by atoms with Gasteiger partial charge < -0.3 is 10.6 Å². The Morgan fingerprint density at radius 3 is 2.44 bits per heavy atom. The van der Waals surface area contributed by atoms with Gasteiger partial charge in [0.15, 0.2) is 5.69 Å². The summed E-state index contributed by atoms with van der Waals surface area (Å²) in [6.07, 6.45) is 1.86. The van der Waals surface area contributed by atoms with E-state index in [1.807, 2.05) is 0 Å². The van der Waals surface area contributed by atoms with E-state index < -0.39 is 0 Å². The van der Waals surface area contributed by atoms with Crippen LogP contribution in [-0.4, -0.2) is 34.1 Å². The van der Waals surface area contributed by atoms with Gasteiger partial charge in [-0.25, -0.2) is 0 Å². The molecule has 0 fully saturated rings. The Hall–Kier alpha value is -1.65. The largest absolute Gasteiger partial charge is 0.382 e. The van der Waals surface area contributed by atoms with Crippen LogP contribution in [0.1, 0.15) is 37.2 Å². The van der Waals surface area contributed by atoms with Gasteiger partial charge in [0.2, 0.25) is 0 Å². The average Bonchev–Trinajstić information content (AvgIpc) is 2.30. The number of hydrogen-bond acceptors (Lipinski definition) is 4. The second-order valence-electron chi connectivity index (χ2n) is 3.73. The number of aromatic nitrogens is 2. The Labute approximate surface area is 95.7 Å². The van der Waals surface area contributed by atoms with Gasteiger partial charge in [0.05, 0.1) is 0 Å². The SMILES string of the molecule is CCC(CC)N(C)C(=O)c1ccc(N)nn1. The summed E-state index contributed by atoms with van der Waals surface area (Å²) in [4.78, 5) is 13.7. The van der Waals surface area contributed by atoms with Gasteiger partial charge in [-0.2, -0.15) is 0 Å². The molecule has 5 nitrogen and oxygen atoms in total. The van der Waals surface area contributed by atoms with E-state index in [1.165, 1.54) is 0 Å². The molecule has 2 N–H and O–H groups in total. The highest BCUT2D eigenvalue weighted by atomic mass is 16.2. The standard InChI is InChI=1S/C11H18N4O/c1-4-8(5-2)15(3)11(16)9-6-7-10(12)14-13-9/h6-8H,4-5H2,1-3H3,(H2,12,14). The number of carbonyl (C=O) groups excluding carboxylic acids is 1. The van der Waals surface area contributed by atoms with Crippen LogP contribution in [0, 0.1) is 0 Å². The van der Waals surface area contributed by atoms with Crippen molar-refractivity contribution in [3.63, 3.8) is 0 Å². The van der Waals surface area contributed by atoms with Crippen LogP contribution in [0.3, 0.4) is 0 Å². The normalized spacial score (nSPS) is 10.5. The van der Waals surface area contributed by atoms with E-state index in [1.54, 1.807) is 24.1 Å². The predicted molar refractivity (Wildman–Crippen MR) is 62.9 cm³/mol. The zero-order chi connectivity index (χ0) is 12.1. The molecule has 1 aromatic heterocycles. The molecule has 0 unspecified atom stereocenters. The fourth-order valence-electron chi connectivity index (χ4n) is 1.64. The molecule has 88 valence electrons. The highest BCUT2D eigenvalue weighted by Gasteiger charge is 2.19. The maximum Gasteiger partial charge on any atom is 0.274 e. The lowest BCUT2D eigenvalue weighted by atomic mass is 10.1. The van der Waals surface area contributed by atoms with Crippen LogP contribution < -0.4 is 5.73 Å². The number of nitrogens with two attached hydrogens (primary N) is 1. The Balaban J connectivity index is 2.81. The second-order valence-corrected chi connectivity index (χ2v) is 3.73. The molecule has 0 aliphatic rings. The van der Waals surface area contributed by atoms with Gasteiger partial charge >= 0.3 is 0 Å². The summed E-state index contributed by atoms with van der Waals surface area (Å²) < 4.78 is 0. The van der Waals surface area contributed by atoms with Crippen molar-refractivity contribution in [2.24, 2.45) is 0 Å². The number of nitrogen functional groups attached to an aromatic ring is 1. The molecule has 1 amide bonds. The molecule has 0 radical (unpaired) electrons. The number of carbonyl (C=O) groups is 1. The second kappa shape index (κ2) is 5.44. The van der Waals surface area contributed by atoms with Crippen molar-refractivity contribution in [2.45, 2.75) is 32.7 Å². The molecular weight excluding hydrogens is 204 g/mol. The minimum atomic E-state index is -0.110. The molecule has 0 aliphatic heterocycles. The Kier molecular flexibility index (Phi) is 4.22. The van der Waals surface area contributed by atoms with Gasteiger partial charge in [-0.05, 0) is 25.0 Å². The average molecular weight is 222 g/mol. The first kappa shape index (κ1) is 12.4. The molecule has 0 bridgehead atoms. The molecule has 0 atom stereocenters. The molecule has 1 aromatic rings. The van der Waals surface area contributed by atoms with Crippen molar-refractivity contribution in [1.29, 1.82) is 0 Å².